The standard InChI is InChI=1S/C23H23NO3/c1-4-14-24(15-5-2)17(3)27-22-13-9-7-11-19(22)23(25)20-16-26-21-12-8-6-10-18(20)21/h4-13,16-17H,1-2,14-15H2,3H3. The van der Waals surface area contributed by atoms with Gasteiger partial charge >= 0.3 is 0 Å². The van der Waals surface area contributed by atoms with Crippen molar-refractivity contribution in [3.05, 3.63) is 91.2 Å². The highest BCUT2D eigenvalue weighted by Gasteiger charge is 2.21. The summed E-state index contributed by atoms with van der Waals surface area (Å²) in [5, 5.41) is 0.797. The Kier molecular flexibility index (Phi) is 5.89. The molecule has 1 atom stereocenters. The third kappa shape index (κ3) is 4.01. The lowest BCUT2D eigenvalue weighted by Gasteiger charge is -2.27. The van der Waals surface area contributed by atoms with Crippen molar-refractivity contribution in [3.8, 4) is 5.75 Å². The van der Waals surface area contributed by atoms with Crippen molar-refractivity contribution in [2.45, 2.75) is 13.2 Å². The van der Waals surface area contributed by atoms with E-state index in [2.05, 4.69) is 18.1 Å². The Morgan fingerprint density at radius 1 is 1.07 bits per heavy atom. The third-order valence-corrected chi connectivity index (χ3v) is 4.40. The number of carbonyl (C=O) groups is 1. The number of carbonyl (C=O) groups excluding carboxylic acids is 1. The first-order valence-corrected chi connectivity index (χ1v) is 8.88. The van der Waals surface area contributed by atoms with Crippen molar-refractivity contribution in [2.24, 2.45) is 0 Å². The first-order chi connectivity index (χ1) is 13.2. The average Bonchev–Trinajstić information content (AvgIpc) is 3.12. The van der Waals surface area contributed by atoms with Crippen molar-refractivity contribution in [1.29, 1.82) is 0 Å². The van der Waals surface area contributed by atoms with Gasteiger partial charge < -0.3 is 9.15 Å². The molecular weight excluding hydrogens is 338 g/mol. The van der Waals surface area contributed by atoms with E-state index in [0.29, 0.717) is 35.5 Å². The van der Waals surface area contributed by atoms with Gasteiger partial charge in [-0.25, -0.2) is 0 Å². The molecule has 3 rings (SSSR count). The largest absolute Gasteiger partial charge is 0.475 e. The normalized spacial score (nSPS) is 12.1. The van der Waals surface area contributed by atoms with E-state index in [0.717, 1.165) is 5.39 Å². The van der Waals surface area contributed by atoms with Gasteiger partial charge in [-0.3, -0.25) is 9.69 Å². The summed E-state index contributed by atoms with van der Waals surface area (Å²) in [6, 6.07) is 14.8. The van der Waals surface area contributed by atoms with Crippen molar-refractivity contribution in [1.82, 2.24) is 4.90 Å². The summed E-state index contributed by atoms with van der Waals surface area (Å²) in [6.45, 7) is 10.8. The number of ether oxygens (including phenoxy) is 1. The van der Waals surface area contributed by atoms with Crippen molar-refractivity contribution in [3.63, 3.8) is 0 Å². The minimum Gasteiger partial charge on any atom is -0.475 e. The summed E-state index contributed by atoms with van der Waals surface area (Å²) < 4.78 is 11.6. The fraction of sp³-hybridized carbons (Fsp3) is 0.174. The SMILES string of the molecule is C=CCN(CC=C)C(C)Oc1ccccc1C(=O)c1coc2ccccc12. The summed E-state index contributed by atoms with van der Waals surface area (Å²) in [5.74, 6) is 0.417. The van der Waals surface area contributed by atoms with Crippen LogP contribution in [0.25, 0.3) is 11.0 Å². The van der Waals surface area contributed by atoms with Gasteiger partial charge in [-0.1, -0.05) is 42.5 Å². The quantitative estimate of drug-likeness (QED) is 0.303. The molecule has 0 aliphatic heterocycles. The van der Waals surface area contributed by atoms with Crippen LogP contribution in [0.3, 0.4) is 0 Å². The Bertz CT molecular complexity index is 947. The van der Waals surface area contributed by atoms with Crippen LogP contribution >= 0.6 is 0 Å². The molecule has 0 saturated heterocycles. The lowest BCUT2D eigenvalue weighted by molar-refractivity contribution is 0.0570. The fourth-order valence-corrected chi connectivity index (χ4v) is 3.02. The number of nitrogens with zero attached hydrogens (tertiary/aromatic N) is 1. The van der Waals surface area contributed by atoms with Crippen LogP contribution in [0.5, 0.6) is 5.75 Å². The van der Waals surface area contributed by atoms with Gasteiger partial charge in [-0.15, -0.1) is 13.2 Å². The Labute approximate surface area is 159 Å². The number of fused-ring (bicyclic) bond motifs is 1. The Morgan fingerprint density at radius 3 is 2.48 bits per heavy atom. The van der Waals surface area contributed by atoms with E-state index in [1.807, 2.05) is 61.5 Å². The summed E-state index contributed by atoms with van der Waals surface area (Å²) >= 11 is 0. The number of para-hydroxylation sites is 2. The number of furan rings is 1. The van der Waals surface area contributed by atoms with Crippen LogP contribution in [-0.4, -0.2) is 30.0 Å². The molecule has 1 heterocycles. The Balaban J connectivity index is 1.90. The monoisotopic (exact) mass is 361 g/mol. The molecule has 0 amide bonds. The highest BCUT2D eigenvalue weighted by Crippen LogP contribution is 2.28. The molecule has 0 spiro atoms. The fourth-order valence-electron chi connectivity index (χ4n) is 3.02. The molecule has 4 heteroatoms. The zero-order valence-electron chi connectivity index (χ0n) is 15.4. The van der Waals surface area contributed by atoms with Crippen molar-refractivity contribution >= 4 is 16.8 Å². The lowest BCUT2D eigenvalue weighted by atomic mass is 10.0. The van der Waals surface area contributed by atoms with E-state index in [1.54, 1.807) is 6.07 Å². The zero-order valence-corrected chi connectivity index (χ0v) is 15.4. The number of ketones is 1. The van der Waals surface area contributed by atoms with Crippen LogP contribution in [0, 0.1) is 0 Å². The second-order valence-electron chi connectivity index (χ2n) is 6.22. The summed E-state index contributed by atoms with van der Waals surface area (Å²) in [6.07, 6.45) is 4.90. The lowest BCUT2D eigenvalue weighted by Crippen LogP contribution is -2.37. The van der Waals surface area contributed by atoms with Crippen molar-refractivity contribution < 1.29 is 13.9 Å². The summed E-state index contributed by atoms with van der Waals surface area (Å²) in [4.78, 5) is 15.2. The molecule has 3 aromatic rings. The predicted molar refractivity (Wildman–Crippen MR) is 108 cm³/mol. The molecule has 27 heavy (non-hydrogen) atoms. The zero-order chi connectivity index (χ0) is 19.2. The number of benzene rings is 2. The summed E-state index contributed by atoms with van der Waals surface area (Å²) in [7, 11) is 0. The van der Waals surface area contributed by atoms with Crippen LogP contribution in [0.4, 0.5) is 0 Å². The molecule has 0 saturated carbocycles. The number of hydrogen-bond donors (Lipinski definition) is 0. The molecule has 0 aliphatic rings. The van der Waals surface area contributed by atoms with Gasteiger partial charge in [0.2, 0.25) is 5.78 Å². The maximum atomic E-state index is 13.2. The van der Waals surface area contributed by atoms with Crippen LogP contribution in [0.15, 0.2) is 84.5 Å². The molecular formula is C23H23NO3. The highest BCUT2D eigenvalue weighted by molar-refractivity contribution is 6.17. The maximum absolute atomic E-state index is 13.2. The smallest absolute Gasteiger partial charge is 0.200 e. The second-order valence-corrected chi connectivity index (χ2v) is 6.22. The molecule has 138 valence electrons. The molecule has 0 aliphatic carbocycles. The van der Waals surface area contributed by atoms with Crippen LogP contribution in [-0.2, 0) is 0 Å². The minimum atomic E-state index is -0.240. The molecule has 1 aromatic heterocycles. The molecule has 0 fully saturated rings. The van der Waals surface area contributed by atoms with E-state index < -0.39 is 0 Å². The third-order valence-electron chi connectivity index (χ3n) is 4.40. The molecule has 0 radical (unpaired) electrons. The van der Waals surface area contributed by atoms with Crippen LogP contribution in [0.2, 0.25) is 0 Å². The Hall–Kier alpha value is -3.11. The van der Waals surface area contributed by atoms with E-state index in [1.165, 1.54) is 6.26 Å². The molecule has 0 N–H and O–H groups in total. The van der Waals surface area contributed by atoms with Crippen molar-refractivity contribution in [2.75, 3.05) is 13.1 Å². The average molecular weight is 361 g/mol. The van der Waals surface area contributed by atoms with E-state index in [4.69, 9.17) is 9.15 Å². The molecule has 4 nitrogen and oxygen atoms in total. The van der Waals surface area contributed by atoms with Gasteiger partial charge in [0.05, 0.1) is 11.1 Å². The van der Waals surface area contributed by atoms with E-state index >= 15 is 0 Å². The summed E-state index contributed by atoms with van der Waals surface area (Å²) in [5.41, 5.74) is 1.73. The van der Waals surface area contributed by atoms with Crippen LogP contribution in [0.1, 0.15) is 22.8 Å². The predicted octanol–water partition coefficient (Wildman–Crippen LogP) is 5.06. The van der Waals surface area contributed by atoms with Gasteiger partial charge in [0, 0.05) is 18.5 Å². The van der Waals surface area contributed by atoms with Crippen LogP contribution < -0.4 is 4.74 Å². The Morgan fingerprint density at radius 2 is 1.74 bits per heavy atom. The van der Waals surface area contributed by atoms with E-state index in [-0.39, 0.29) is 12.0 Å². The van der Waals surface area contributed by atoms with Gasteiger partial charge in [-0.2, -0.15) is 0 Å². The first kappa shape index (κ1) is 18.7. The molecule has 2 aromatic carbocycles. The van der Waals surface area contributed by atoms with Gasteiger partial charge in [0.1, 0.15) is 23.8 Å². The topological polar surface area (TPSA) is 42.7 Å². The van der Waals surface area contributed by atoms with Gasteiger partial charge in [0.25, 0.3) is 0 Å². The number of rotatable bonds is 9. The second kappa shape index (κ2) is 8.52. The van der Waals surface area contributed by atoms with Gasteiger partial charge in [0.15, 0.2) is 0 Å². The highest BCUT2D eigenvalue weighted by atomic mass is 16.5. The molecule has 0 bridgehead atoms. The number of hydrogen-bond acceptors (Lipinski definition) is 4. The van der Waals surface area contributed by atoms with E-state index in [9.17, 15) is 4.79 Å². The first-order valence-electron chi connectivity index (χ1n) is 8.88. The molecule has 1 unspecified atom stereocenters. The minimum absolute atomic E-state index is 0.123. The van der Waals surface area contributed by atoms with Gasteiger partial charge in [-0.05, 0) is 25.1 Å². The maximum Gasteiger partial charge on any atom is 0.200 e.